The molecule has 0 aromatic carbocycles. The van der Waals surface area contributed by atoms with E-state index in [2.05, 4.69) is 11.8 Å². The van der Waals surface area contributed by atoms with Gasteiger partial charge in [0.1, 0.15) is 0 Å². The number of hydrogen-bond acceptors (Lipinski definition) is 4. The predicted molar refractivity (Wildman–Crippen MR) is 64.6 cm³/mol. The molecule has 0 unspecified atom stereocenters. The second-order valence-electron chi connectivity index (χ2n) is 4.36. The lowest BCUT2D eigenvalue weighted by atomic mass is 10.2. The van der Waals surface area contributed by atoms with Crippen molar-refractivity contribution in [3.63, 3.8) is 0 Å². The van der Waals surface area contributed by atoms with E-state index in [0.29, 0.717) is 0 Å². The van der Waals surface area contributed by atoms with Crippen molar-refractivity contribution in [1.29, 1.82) is 0 Å². The standard InChI is InChI=1S/C12H22N2O3/c1-3-4-5-13-6-8-14(9-7-13)12(16)10-17-11(2)15/h3-10H2,1-2H3. The molecule has 17 heavy (non-hydrogen) atoms. The molecule has 5 heteroatoms. The van der Waals surface area contributed by atoms with Gasteiger partial charge in [-0.1, -0.05) is 13.3 Å². The highest BCUT2D eigenvalue weighted by Gasteiger charge is 2.20. The Balaban J connectivity index is 2.21. The third kappa shape index (κ3) is 5.17. The van der Waals surface area contributed by atoms with Crippen molar-refractivity contribution >= 4 is 11.9 Å². The highest BCUT2D eigenvalue weighted by Crippen LogP contribution is 2.04. The third-order valence-electron chi connectivity index (χ3n) is 2.95. The maximum absolute atomic E-state index is 11.7. The first kappa shape index (κ1) is 14.0. The smallest absolute Gasteiger partial charge is 0.303 e. The van der Waals surface area contributed by atoms with Crippen molar-refractivity contribution in [3.8, 4) is 0 Å². The van der Waals surface area contributed by atoms with Crippen molar-refractivity contribution in [2.75, 3.05) is 39.3 Å². The molecule has 98 valence electrons. The lowest BCUT2D eigenvalue weighted by molar-refractivity contribution is -0.151. The average Bonchev–Trinajstić information content (AvgIpc) is 2.34. The molecule has 0 atom stereocenters. The van der Waals surface area contributed by atoms with Crippen LogP contribution in [0.5, 0.6) is 0 Å². The molecular weight excluding hydrogens is 220 g/mol. The molecule has 1 saturated heterocycles. The van der Waals surface area contributed by atoms with Crippen molar-refractivity contribution in [2.45, 2.75) is 26.7 Å². The molecule has 1 aliphatic rings. The fourth-order valence-electron chi connectivity index (χ4n) is 1.86. The molecule has 1 aliphatic heterocycles. The summed E-state index contributed by atoms with van der Waals surface area (Å²) in [7, 11) is 0. The monoisotopic (exact) mass is 242 g/mol. The Morgan fingerprint density at radius 1 is 1.18 bits per heavy atom. The Kier molecular flexibility index (Phi) is 5.97. The Morgan fingerprint density at radius 3 is 2.35 bits per heavy atom. The first-order chi connectivity index (χ1) is 8.13. The number of carbonyl (C=O) groups excluding carboxylic acids is 2. The molecule has 1 fully saturated rings. The topological polar surface area (TPSA) is 49.9 Å². The number of esters is 1. The van der Waals surface area contributed by atoms with Crippen LogP contribution in [0.25, 0.3) is 0 Å². The van der Waals surface area contributed by atoms with Crippen LogP contribution in [0.1, 0.15) is 26.7 Å². The van der Waals surface area contributed by atoms with Gasteiger partial charge in [0.05, 0.1) is 0 Å². The maximum atomic E-state index is 11.7. The van der Waals surface area contributed by atoms with E-state index in [4.69, 9.17) is 4.74 Å². The second kappa shape index (κ2) is 7.27. The number of unbranched alkanes of at least 4 members (excludes halogenated alkanes) is 1. The number of ether oxygens (including phenoxy) is 1. The number of rotatable bonds is 5. The molecule has 0 aromatic rings. The lowest BCUT2D eigenvalue weighted by Crippen LogP contribution is -2.49. The van der Waals surface area contributed by atoms with E-state index in [9.17, 15) is 9.59 Å². The van der Waals surface area contributed by atoms with Crippen LogP contribution in [0.2, 0.25) is 0 Å². The SMILES string of the molecule is CCCCN1CCN(C(=O)COC(C)=O)CC1. The number of amides is 1. The van der Waals surface area contributed by atoms with Crippen LogP contribution >= 0.6 is 0 Å². The minimum absolute atomic E-state index is 0.0876. The lowest BCUT2D eigenvalue weighted by Gasteiger charge is -2.34. The zero-order chi connectivity index (χ0) is 12.7. The van der Waals surface area contributed by atoms with Crippen molar-refractivity contribution < 1.29 is 14.3 Å². The minimum Gasteiger partial charge on any atom is -0.456 e. The van der Waals surface area contributed by atoms with Gasteiger partial charge in [-0.2, -0.15) is 0 Å². The summed E-state index contributed by atoms with van der Waals surface area (Å²) in [6, 6.07) is 0. The molecule has 5 nitrogen and oxygen atoms in total. The normalized spacial score (nSPS) is 16.9. The summed E-state index contributed by atoms with van der Waals surface area (Å²) in [5.74, 6) is -0.490. The molecular formula is C12H22N2O3. The van der Waals surface area contributed by atoms with E-state index in [0.717, 1.165) is 32.7 Å². The van der Waals surface area contributed by atoms with Crippen molar-refractivity contribution in [2.24, 2.45) is 0 Å². The number of hydrogen-bond donors (Lipinski definition) is 0. The van der Waals surface area contributed by atoms with Gasteiger partial charge in [-0.3, -0.25) is 14.5 Å². The molecule has 1 amide bonds. The summed E-state index contributed by atoms with van der Waals surface area (Å²) in [6.45, 7) is 7.81. The zero-order valence-electron chi connectivity index (χ0n) is 10.8. The molecule has 0 bridgehead atoms. The number of piperazine rings is 1. The number of nitrogens with zero attached hydrogens (tertiary/aromatic N) is 2. The maximum Gasteiger partial charge on any atom is 0.303 e. The molecule has 0 radical (unpaired) electrons. The van der Waals surface area contributed by atoms with Crippen LogP contribution in [-0.4, -0.2) is 61.0 Å². The first-order valence-electron chi connectivity index (χ1n) is 6.27. The van der Waals surface area contributed by atoms with Crippen LogP contribution in [-0.2, 0) is 14.3 Å². The molecule has 0 aromatic heterocycles. The van der Waals surface area contributed by atoms with Gasteiger partial charge >= 0.3 is 5.97 Å². The summed E-state index contributed by atoms with van der Waals surface area (Å²) in [5.41, 5.74) is 0. The van der Waals surface area contributed by atoms with Crippen LogP contribution in [0.4, 0.5) is 0 Å². The van der Waals surface area contributed by atoms with Gasteiger partial charge in [0, 0.05) is 33.1 Å². The molecule has 0 saturated carbocycles. The van der Waals surface area contributed by atoms with Crippen LogP contribution in [0.15, 0.2) is 0 Å². The van der Waals surface area contributed by atoms with Crippen molar-refractivity contribution in [3.05, 3.63) is 0 Å². The van der Waals surface area contributed by atoms with Crippen LogP contribution < -0.4 is 0 Å². The summed E-state index contributed by atoms with van der Waals surface area (Å²) in [6.07, 6.45) is 2.41. The molecule has 0 aliphatic carbocycles. The quantitative estimate of drug-likeness (QED) is 0.659. The summed E-state index contributed by atoms with van der Waals surface area (Å²) in [5, 5.41) is 0. The van der Waals surface area contributed by atoms with E-state index in [1.54, 1.807) is 4.90 Å². The Bertz CT molecular complexity index is 260. The van der Waals surface area contributed by atoms with E-state index < -0.39 is 5.97 Å². The molecule has 0 N–H and O–H groups in total. The van der Waals surface area contributed by atoms with Gasteiger partial charge < -0.3 is 9.64 Å². The van der Waals surface area contributed by atoms with Crippen molar-refractivity contribution in [1.82, 2.24) is 9.80 Å². The van der Waals surface area contributed by atoms with Crippen LogP contribution in [0.3, 0.4) is 0 Å². The van der Waals surface area contributed by atoms with Gasteiger partial charge in [-0.15, -0.1) is 0 Å². The van der Waals surface area contributed by atoms with E-state index in [1.165, 1.54) is 19.8 Å². The third-order valence-corrected chi connectivity index (χ3v) is 2.95. The van der Waals surface area contributed by atoms with E-state index in [-0.39, 0.29) is 12.5 Å². The summed E-state index contributed by atoms with van der Waals surface area (Å²) in [4.78, 5) is 26.4. The fraction of sp³-hybridized carbons (Fsp3) is 0.833. The van der Waals surface area contributed by atoms with Gasteiger partial charge in [0.25, 0.3) is 5.91 Å². The fourth-order valence-corrected chi connectivity index (χ4v) is 1.86. The zero-order valence-corrected chi connectivity index (χ0v) is 10.8. The van der Waals surface area contributed by atoms with E-state index >= 15 is 0 Å². The highest BCUT2D eigenvalue weighted by atomic mass is 16.5. The summed E-state index contributed by atoms with van der Waals surface area (Å²) >= 11 is 0. The van der Waals surface area contributed by atoms with Gasteiger partial charge in [-0.05, 0) is 13.0 Å². The van der Waals surface area contributed by atoms with Gasteiger partial charge in [0.15, 0.2) is 6.61 Å². The second-order valence-corrected chi connectivity index (χ2v) is 4.36. The number of carbonyl (C=O) groups is 2. The molecule has 1 rings (SSSR count). The molecule has 1 heterocycles. The van der Waals surface area contributed by atoms with Crippen LogP contribution in [0, 0.1) is 0 Å². The average molecular weight is 242 g/mol. The first-order valence-corrected chi connectivity index (χ1v) is 6.27. The Hall–Kier alpha value is -1.10. The molecule has 0 spiro atoms. The Morgan fingerprint density at radius 2 is 1.82 bits per heavy atom. The Labute approximate surface area is 103 Å². The van der Waals surface area contributed by atoms with Gasteiger partial charge in [0.2, 0.25) is 0 Å². The highest BCUT2D eigenvalue weighted by molar-refractivity contribution is 5.80. The minimum atomic E-state index is -0.403. The predicted octanol–water partition coefficient (Wildman–Crippen LogP) is 0.494. The van der Waals surface area contributed by atoms with Gasteiger partial charge in [-0.25, -0.2) is 0 Å². The largest absolute Gasteiger partial charge is 0.456 e. The van der Waals surface area contributed by atoms with E-state index in [1.807, 2.05) is 0 Å². The summed E-state index contributed by atoms with van der Waals surface area (Å²) < 4.78 is 4.70.